The van der Waals surface area contributed by atoms with Crippen LogP contribution in [0.5, 0.6) is 5.88 Å². The third-order valence-electron chi connectivity index (χ3n) is 4.88. The highest BCUT2D eigenvalue weighted by Gasteiger charge is 2.30. The number of ether oxygens (including phenoxy) is 1. The molecule has 2 aromatic heterocycles. The number of morpholine rings is 1. The predicted molar refractivity (Wildman–Crippen MR) is 102 cm³/mol. The van der Waals surface area contributed by atoms with Crippen LogP contribution in [-0.2, 0) is 4.74 Å². The van der Waals surface area contributed by atoms with E-state index < -0.39 is 0 Å². The molecule has 1 aromatic carbocycles. The van der Waals surface area contributed by atoms with E-state index in [0.717, 1.165) is 22.9 Å². The summed E-state index contributed by atoms with van der Waals surface area (Å²) in [6.45, 7) is 9.32. The third-order valence-corrected chi connectivity index (χ3v) is 5.96. The van der Waals surface area contributed by atoms with Crippen LogP contribution in [0.25, 0.3) is 4.96 Å². The monoisotopic (exact) mass is 372 g/mol. The van der Waals surface area contributed by atoms with Crippen LogP contribution in [0.1, 0.15) is 47.6 Å². The molecule has 6 nitrogen and oxygen atoms in total. The van der Waals surface area contributed by atoms with E-state index >= 15 is 0 Å². The summed E-state index contributed by atoms with van der Waals surface area (Å²) in [6, 6.07) is 8.71. The van der Waals surface area contributed by atoms with Gasteiger partial charge < -0.3 is 9.84 Å². The Bertz CT molecular complexity index is 894. The van der Waals surface area contributed by atoms with E-state index in [0.29, 0.717) is 25.0 Å². The molecule has 0 amide bonds. The first-order valence-electron chi connectivity index (χ1n) is 9.01. The molecule has 26 heavy (non-hydrogen) atoms. The second-order valence-corrected chi connectivity index (χ2v) is 8.02. The van der Waals surface area contributed by atoms with Crippen molar-refractivity contribution in [1.29, 1.82) is 0 Å². The molecule has 138 valence electrons. The Kier molecular flexibility index (Phi) is 4.69. The normalized spacial score (nSPS) is 17.2. The van der Waals surface area contributed by atoms with Crippen LogP contribution in [0.3, 0.4) is 0 Å². The van der Waals surface area contributed by atoms with Crippen LogP contribution in [0, 0.1) is 6.92 Å². The molecule has 1 aliphatic rings. The van der Waals surface area contributed by atoms with Gasteiger partial charge >= 0.3 is 0 Å². The molecule has 1 fully saturated rings. The van der Waals surface area contributed by atoms with Crippen molar-refractivity contribution in [3.05, 3.63) is 46.1 Å². The average Bonchev–Trinajstić information content (AvgIpc) is 3.14. The van der Waals surface area contributed by atoms with Crippen LogP contribution >= 0.6 is 11.3 Å². The molecule has 3 heterocycles. The fraction of sp³-hybridized carbons (Fsp3) is 0.474. The summed E-state index contributed by atoms with van der Waals surface area (Å²) in [4.78, 5) is 8.40. The van der Waals surface area contributed by atoms with E-state index in [4.69, 9.17) is 4.74 Å². The third kappa shape index (κ3) is 3.11. The molecule has 0 radical (unpaired) electrons. The number of aromatic hydroxyl groups is 1. The highest BCUT2D eigenvalue weighted by molar-refractivity contribution is 7.17. The predicted octanol–water partition coefficient (Wildman–Crippen LogP) is 3.35. The highest BCUT2D eigenvalue weighted by atomic mass is 32.1. The molecule has 3 aromatic rings. The van der Waals surface area contributed by atoms with Gasteiger partial charge in [-0.1, -0.05) is 49.4 Å². The Morgan fingerprint density at radius 2 is 1.77 bits per heavy atom. The van der Waals surface area contributed by atoms with Crippen LogP contribution in [-0.4, -0.2) is 50.9 Å². The Balaban J connectivity index is 1.78. The van der Waals surface area contributed by atoms with E-state index in [1.807, 2.05) is 6.92 Å². The number of nitrogens with zero attached hydrogens (tertiary/aromatic N) is 4. The lowest BCUT2D eigenvalue weighted by atomic mass is 9.97. The van der Waals surface area contributed by atoms with Gasteiger partial charge in [0.05, 0.1) is 24.1 Å². The molecule has 4 rings (SSSR count). The summed E-state index contributed by atoms with van der Waals surface area (Å²) >= 11 is 1.51. The van der Waals surface area contributed by atoms with Crippen LogP contribution in [0.4, 0.5) is 0 Å². The Morgan fingerprint density at radius 3 is 2.38 bits per heavy atom. The standard InChI is InChI=1S/C19H24N4O2S/c1-12(2)14-4-6-15(7-5-14)16(22-8-10-25-11-9-22)17-18(24)23-19(26-17)20-13(3)21-23/h4-7,12,16,24H,8-11H2,1-3H3/t16-/m0/s1. The zero-order valence-electron chi connectivity index (χ0n) is 15.3. The molecule has 0 bridgehead atoms. The Labute approximate surface area is 157 Å². The molecule has 0 unspecified atom stereocenters. The Morgan fingerprint density at radius 1 is 1.12 bits per heavy atom. The van der Waals surface area contributed by atoms with E-state index in [-0.39, 0.29) is 11.9 Å². The number of fused-ring (bicyclic) bond motifs is 1. The largest absolute Gasteiger partial charge is 0.492 e. The molecule has 1 aliphatic heterocycles. The first-order chi connectivity index (χ1) is 12.5. The first-order valence-corrected chi connectivity index (χ1v) is 9.83. The van der Waals surface area contributed by atoms with E-state index in [1.165, 1.54) is 22.5 Å². The van der Waals surface area contributed by atoms with Gasteiger partial charge in [-0.05, 0) is 24.0 Å². The number of benzene rings is 1. The molecule has 1 saturated heterocycles. The summed E-state index contributed by atoms with van der Waals surface area (Å²) in [7, 11) is 0. The lowest BCUT2D eigenvalue weighted by Gasteiger charge is -2.34. The van der Waals surface area contributed by atoms with Crippen molar-refractivity contribution in [3.8, 4) is 5.88 Å². The molecular formula is C19H24N4O2S. The first kappa shape index (κ1) is 17.5. The van der Waals surface area contributed by atoms with Gasteiger partial charge in [-0.15, -0.1) is 5.10 Å². The molecule has 1 N–H and O–H groups in total. The van der Waals surface area contributed by atoms with E-state index in [1.54, 1.807) is 4.52 Å². The zero-order chi connectivity index (χ0) is 18.3. The number of aromatic nitrogens is 3. The maximum Gasteiger partial charge on any atom is 0.230 e. The SMILES string of the molecule is Cc1nc2sc([C@H](c3ccc(C(C)C)cc3)N3CCOCC3)c(O)n2n1. The molecular weight excluding hydrogens is 348 g/mol. The van der Waals surface area contributed by atoms with Crippen LogP contribution < -0.4 is 0 Å². The van der Waals surface area contributed by atoms with Gasteiger partial charge in [0.2, 0.25) is 10.8 Å². The zero-order valence-corrected chi connectivity index (χ0v) is 16.2. The van der Waals surface area contributed by atoms with Crippen molar-refractivity contribution >= 4 is 16.3 Å². The van der Waals surface area contributed by atoms with Crippen molar-refractivity contribution in [2.45, 2.75) is 32.7 Å². The van der Waals surface area contributed by atoms with Gasteiger partial charge in [-0.2, -0.15) is 4.52 Å². The van der Waals surface area contributed by atoms with Gasteiger partial charge in [-0.3, -0.25) is 4.90 Å². The number of thiazole rings is 1. The smallest absolute Gasteiger partial charge is 0.230 e. The van der Waals surface area contributed by atoms with Gasteiger partial charge in [0.15, 0.2) is 0 Å². The van der Waals surface area contributed by atoms with E-state index in [9.17, 15) is 5.11 Å². The summed E-state index contributed by atoms with van der Waals surface area (Å²) in [5, 5.41) is 15.1. The summed E-state index contributed by atoms with van der Waals surface area (Å²) in [5.74, 6) is 1.36. The van der Waals surface area contributed by atoms with Crippen LogP contribution in [0.15, 0.2) is 24.3 Å². The van der Waals surface area contributed by atoms with Crippen molar-refractivity contribution in [1.82, 2.24) is 19.5 Å². The van der Waals surface area contributed by atoms with E-state index in [2.05, 4.69) is 53.1 Å². The molecule has 0 aliphatic carbocycles. The summed E-state index contributed by atoms with van der Waals surface area (Å²) < 4.78 is 7.08. The number of hydrogen-bond acceptors (Lipinski definition) is 6. The molecule has 0 spiro atoms. The average molecular weight is 372 g/mol. The maximum absolute atomic E-state index is 10.8. The number of rotatable bonds is 4. The quantitative estimate of drug-likeness (QED) is 0.761. The van der Waals surface area contributed by atoms with Crippen molar-refractivity contribution in [2.24, 2.45) is 0 Å². The lowest BCUT2D eigenvalue weighted by Crippen LogP contribution is -2.39. The highest BCUT2D eigenvalue weighted by Crippen LogP contribution is 2.40. The number of aryl methyl sites for hydroxylation is 1. The molecule has 1 atom stereocenters. The maximum atomic E-state index is 10.8. The lowest BCUT2D eigenvalue weighted by molar-refractivity contribution is 0.0241. The Hall–Kier alpha value is -1.96. The molecule has 7 heteroatoms. The van der Waals surface area contributed by atoms with Crippen LogP contribution in [0.2, 0.25) is 0 Å². The second kappa shape index (κ2) is 6.98. The van der Waals surface area contributed by atoms with Gasteiger partial charge in [0, 0.05) is 13.1 Å². The molecule has 0 saturated carbocycles. The van der Waals surface area contributed by atoms with Gasteiger partial charge in [0.1, 0.15) is 5.82 Å². The van der Waals surface area contributed by atoms with Crippen molar-refractivity contribution < 1.29 is 9.84 Å². The summed E-state index contributed by atoms with van der Waals surface area (Å²) in [5.41, 5.74) is 2.49. The van der Waals surface area contributed by atoms with Crippen molar-refractivity contribution in [3.63, 3.8) is 0 Å². The second-order valence-electron chi connectivity index (χ2n) is 7.02. The van der Waals surface area contributed by atoms with Crippen molar-refractivity contribution in [2.75, 3.05) is 26.3 Å². The van der Waals surface area contributed by atoms with Gasteiger partial charge in [0.25, 0.3) is 0 Å². The minimum atomic E-state index is -0.0195. The van der Waals surface area contributed by atoms with Gasteiger partial charge in [-0.25, -0.2) is 4.98 Å². The topological polar surface area (TPSA) is 62.9 Å². The fourth-order valence-corrected chi connectivity index (χ4v) is 4.62. The fourth-order valence-electron chi connectivity index (χ4n) is 3.45. The number of hydrogen-bond donors (Lipinski definition) is 1. The summed E-state index contributed by atoms with van der Waals surface area (Å²) in [6.07, 6.45) is 0. The minimum absolute atomic E-state index is 0.0195. The minimum Gasteiger partial charge on any atom is -0.492 e.